The van der Waals surface area contributed by atoms with Crippen molar-refractivity contribution in [2.75, 3.05) is 37.7 Å². The van der Waals surface area contributed by atoms with Crippen LogP contribution in [-0.4, -0.2) is 61.3 Å². The molecule has 1 unspecified atom stereocenters. The summed E-state index contributed by atoms with van der Waals surface area (Å²) < 4.78 is 66.3. The summed E-state index contributed by atoms with van der Waals surface area (Å²) in [4.78, 5) is 27.2. The summed E-state index contributed by atoms with van der Waals surface area (Å²) in [6.45, 7) is -0.859. The van der Waals surface area contributed by atoms with E-state index < -0.39 is 35.2 Å². The van der Waals surface area contributed by atoms with Gasteiger partial charge in [-0.25, -0.2) is 8.78 Å². The molecule has 4 rings (SSSR count). The lowest BCUT2D eigenvalue weighted by molar-refractivity contribution is -0.293. The lowest BCUT2D eigenvalue weighted by Gasteiger charge is -2.45. The predicted molar refractivity (Wildman–Crippen MR) is 101 cm³/mol. The van der Waals surface area contributed by atoms with Crippen molar-refractivity contribution < 1.29 is 36.6 Å². The third-order valence-electron chi connectivity index (χ3n) is 5.13. The molecular formula is C21H18F4N2O4. The summed E-state index contributed by atoms with van der Waals surface area (Å²) in [7, 11) is 0. The molecule has 2 fully saturated rings. The summed E-state index contributed by atoms with van der Waals surface area (Å²) in [5.41, 5.74) is -1.64. The van der Waals surface area contributed by atoms with E-state index in [4.69, 9.17) is 9.47 Å². The van der Waals surface area contributed by atoms with Crippen molar-refractivity contribution in [3.63, 3.8) is 0 Å². The monoisotopic (exact) mass is 438 g/mol. The zero-order chi connectivity index (χ0) is 22.2. The molecule has 31 heavy (non-hydrogen) atoms. The van der Waals surface area contributed by atoms with Gasteiger partial charge < -0.3 is 14.5 Å². The molecule has 2 aliphatic rings. The molecule has 2 aromatic rings. The van der Waals surface area contributed by atoms with Crippen LogP contribution < -0.4 is 4.90 Å². The zero-order valence-corrected chi connectivity index (χ0v) is 16.2. The number of benzene rings is 2. The fourth-order valence-electron chi connectivity index (χ4n) is 3.73. The molecule has 6 nitrogen and oxygen atoms in total. The average molecular weight is 438 g/mol. The number of morpholine rings is 1. The molecule has 0 bridgehead atoms. The van der Waals surface area contributed by atoms with Crippen LogP contribution in [0.4, 0.5) is 23.2 Å². The van der Waals surface area contributed by atoms with Crippen molar-refractivity contribution in [1.82, 2.24) is 4.90 Å². The molecule has 2 heterocycles. The summed E-state index contributed by atoms with van der Waals surface area (Å²) >= 11 is 0. The Morgan fingerprint density at radius 2 is 1.74 bits per heavy atom. The van der Waals surface area contributed by atoms with E-state index in [0.29, 0.717) is 0 Å². The minimum absolute atomic E-state index is 0.0439. The van der Waals surface area contributed by atoms with Gasteiger partial charge in [-0.2, -0.15) is 8.78 Å². The van der Waals surface area contributed by atoms with Gasteiger partial charge in [-0.1, -0.05) is 6.07 Å². The van der Waals surface area contributed by atoms with Crippen LogP contribution in [-0.2, 0) is 14.3 Å². The second-order valence-electron chi connectivity index (χ2n) is 7.46. The van der Waals surface area contributed by atoms with Crippen molar-refractivity contribution >= 4 is 17.5 Å². The number of nitrogens with zero attached hydrogens (tertiary/aromatic N) is 2. The van der Waals surface area contributed by atoms with Gasteiger partial charge in [0.2, 0.25) is 0 Å². The summed E-state index contributed by atoms with van der Waals surface area (Å²) in [5, 5.41) is 0. The molecule has 0 saturated carbocycles. The van der Waals surface area contributed by atoms with Crippen LogP contribution in [0.25, 0.3) is 0 Å². The minimum Gasteiger partial charge on any atom is -0.376 e. The van der Waals surface area contributed by atoms with Crippen molar-refractivity contribution in [2.45, 2.75) is 11.7 Å². The van der Waals surface area contributed by atoms with E-state index in [2.05, 4.69) is 0 Å². The lowest BCUT2D eigenvalue weighted by atomic mass is 10.00. The number of anilines is 1. The maximum Gasteiger partial charge on any atom is 0.437 e. The molecule has 164 valence electrons. The quantitative estimate of drug-likeness (QED) is 0.677. The van der Waals surface area contributed by atoms with Crippen molar-refractivity contribution in [2.24, 2.45) is 0 Å². The number of alkyl halides is 2. The Morgan fingerprint density at radius 3 is 2.45 bits per heavy atom. The predicted octanol–water partition coefficient (Wildman–Crippen LogP) is 2.83. The molecular weight excluding hydrogens is 420 g/mol. The average Bonchev–Trinajstić information content (AvgIpc) is 2.93. The van der Waals surface area contributed by atoms with Gasteiger partial charge in [-0.15, -0.1) is 0 Å². The fourth-order valence-corrected chi connectivity index (χ4v) is 3.73. The standard InChI is InChI=1S/C21H18F4N2O4/c22-15-4-6-17(7-5-15)27-12-20(31-21(24,25)19(27)29)11-26(8-9-30-13-20)18(28)14-2-1-3-16(23)10-14/h1-7,10H,8-9,11-13H2. The highest BCUT2D eigenvalue weighted by molar-refractivity contribution is 5.98. The lowest BCUT2D eigenvalue weighted by Crippen LogP contribution is -2.66. The molecule has 0 radical (unpaired) electrons. The molecule has 0 aliphatic carbocycles. The number of rotatable bonds is 2. The van der Waals surface area contributed by atoms with Crippen LogP contribution in [0.1, 0.15) is 10.4 Å². The van der Waals surface area contributed by atoms with Crippen LogP contribution in [0.15, 0.2) is 48.5 Å². The minimum atomic E-state index is -4.19. The smallest absolute Gasteiger partial charge is 0.376 e. The summed E-state index contributed by atoms with van der Waals surface area (Å²) in [6, 6.07) is 9.51. The number of hydrogen-bond acceptors (Lipinski definition) is 4. The highest BCUT2D eigenvalue weighted by Crippen LogP contribution is 2.37. The maximum atomic E-state index is 14.6. The Balaban J connectivity index is 1.65. The number of hydrogen-bond donors (Lipinski definition) is 0. The first-order chi connectivity index (χ1) is 14.7. The van der Waals surface area contributed by atoms with Crippen LogP contribution in [0, 0.1) is 11.6 Å². The molecule has 1 spiro atoms. The second-order valence-corrected chi connectivity index (χ2v) is 7.46. The van der Waals surface area contributed by atoms with Gasteiger partial charge in [0.25, 0.3) is 5.91 Å². The van der Waals surface area contributed by atoms with Gasteiger partial charge in [0.15, 0.2) is 0 Å². The first kappa shape index (κ1) is 21.3. The fraction of sp³-hybridized carbons (Fsp3) is 0.333. The maximum absolute atomic E-state index is 14.6. The molecule has 1 atom stereocenters. The highest BCUT2D eigenvalue weighted by Gasteiger charge is 2.58. The number of carbonyl (C=O) groups excluding carboxylic acids is 2. The number of ether oxygens (including phenoxy) is 2. The summed E-state index contributed by atoms with van der Waals surface area (Å²) in [6.07, 6.45) is -4.19. The van der Waals surface area contributed by atoms with E-state index in [1.54, 1.807) is 0 Å². The Morgan fingerprint density at radius 1 is 1.00 bits per heavy atom. The molecule has 2 amide bonds. The Labute approximate surface area is 174 Å². The molecule has 2 saturated heterocycles. The zero-order valence-electron chi connectivity index (χ0n) is 16.2. The topological polar surface area (TPSA) is 59.1 Å². The third kappa shape index (κ3) is 4.26. The van der Waals surface area contributed by atoms with Gasteiger partial charge in [-0.3, -0.25) is 14.3 Å². The van der Waals surface area contributed by atoms with Gasteiger partial charge in [-0.05, 0) is 42.5 Å². The SMILES string of the molecule is O=C(c1cccc(F)c1)N1CCOCC2(C1)CN(c1ccc(F)cc1)C(=O)C(F)(F)O2. The molecule has 2 aromatic carbocycles. The second kappa shape index (κ2) is 7.93. The Hall–Kier alpha value is -2.98. The summed E-state index contributed by atoms with van der Waals surface area (Å²) in [5.74, 6) is -3.38. The van der Waals surface area contributed by atoms with Crippen molar-refractivity contribution in [3.8, 4) is 0 Å². The van der Waals surface area contributed by atoms with Gasteiger partial charge in [0, 0.05) is 17.8 Å². The van der Waals surface area contributed by atoms with E-state index in [9.17, 15) is 27.2 Å². The molecule has 0 N–H and O–H groups in total. The van der Waals surface area contributed by atoms with E-state index in [-0.39, 0.29) is 44.1 Å². The van der Waals surface area contributed by atoms with E-state index in [1.165, 1.54) is 35.2 Å². The van der Waals surface area contributed by atoms with Crippen molar-refractivity contribution in [1.29, 1.82) is 0 Å². The van der Waals surface area contributed by atoms with Crippen LogP contribution in [0.3, 0.4) is 0 Å². The largest absolute Gasteiger partial charge is 0.437 e. The van der Waals surface area contributed by atoms with Gasteiger partial charge >= 0.3 is 12.0 Å². The van der Waals surface area contributed by atoms with E-state index in [1.807, 2.05) is 0 Å². The van der Waals surface area contributed by atoms with Crippen LogP contribution in [0.5, 0.6) is 0 Å². The van der Waals surface area contributed by atoms with Crippen molar-refractivity contribution in [3.05, 3.63) is 65.7 Å². The first-order valence-electron chi connectivity index (χ1n) is 9.47. The first-order valence-corrected chi connectivity index (χ1v) is 9.47. The van der Waals surface area contributed by atoms with Crippen LogP contribution in [0.2, 0.25) is 0 Å². The normalized spacial score (nSPS) is 23.7. The molecule has 0 aromatic heterocycles. The van der Waals surface area contributed by atoms with Gasteiger partial charge in [0.05, 0.1) is 26.3 Å². The van der Waals surface area contributed by atoms with Crippen LogP contribution >= 0.6 is 0 Å². The number of amides is 2. The van der Waals surface area contributed by atoms with Gasteiger partial charge in [0.1, 0.15) is 17.2 Å². The number of halogens is 4. The molecule has 10 heteroatoms. The Kier molecular flexibility index (Phi) is 5.44. The van der Waals surface area contributed by atoms with E-state index >= 15 is 0 Å². The highest BCUT2D eigenvalue weighted by atomic mass is 19.3. The third-order valence-corrected chi connectivity index (χ3v) is 5.13. The number of carbonyl (C=O) groups is 2. The Bertz CT molecular complexity index is 1000. The van der Waals surface area contributed by atoms with E-state index in [0.717, 1.165) is 23.1 Å². The molecule has 2 aliphatic heterocycles.